The summed E-state index contributed by atoms with van der Waals surface area (Å²) in [6.45, 7) is 2.56. The Bertz CT molecular complexity index is 600. The van der Waals surface area contributed by atoms with Crippen LogP contribution in [-0.2, 0) is 6.54 Å². The number of hydrogen-bond donors (Lipinski definition) is 1. The van der Waals surface area contributed by atoms with E-state index in [-0.39, 0.29) is 5.91 Å². The summed E-state index contributed by atoms with van der Waals surface area (Å²) in [5.74, 6) is 0.0614. The summed E-state index contributed by atoms with van der Waals surface area (Å²) in [4.78, 5) is 14.8. The van der Waals surface area contributed by atoms with Gasteiger partial charge in [0.2, 0.25) is 0 Å². The number of carbonyl (C=O) groups excluding carboxylic acids is 1. The van der Waals surface area contributed by atoms with Crippen LogP contribution in [0.25, 0.3) is 0 Å². The van der Waals surface area contributed by atoms with Gasteiger partial charge in [-0.25, -0.2) is 0 Å². The Morgan fingerprint density at radius 3 is 2.62 bits per heavy atom. The molecule has 1 fully saturated rings. The molecule has 4 nitrogen and oxygen atoms in total. The van der Waals surface area contributed by atoms with E-state index in [1.165, 1.54) is 18.4 Å². The molecule has 0 aliphatic heterocycles. The monoisotopic (exact) mass is 283 g/mol. The van der Waals surface area contributed by atoms with Crippen molar-refractivity contribution >= 4 is 5.91 Å². The van der Waals surface area contributed by atoms with E-state index in [9.17, 15) is 4.79 Å². The van der Waals surface area contributed by atoms with Crippen LogP contribution in [0, 0.1) is 6.92 Å². The average molecular weight is 283 g/mol. The van der Waals surface area contributed by atoms with Crippen LogP contribution in [0.2, 0.25) is 0 Å². The number of nitrogens with one attached hydrogen (secondary N) is 1. The van der Waals surface area contributed by atoms with Crippen LogP contribution in [-0.4, -0.2) is 27.0 Å². The van der Waals surface area contributed by atoms with Gasteiger partial charge in [0, 0.05) is 12.6 Å². The summed E-state index contributed by atoms with van der Waals surface area (Å²) in [6, 6.07) is 12.4. The predicted molar refractivity (Wildman–Crippen MR) is 81.9 cm³/mol. The van der Waals surface area contributed by atoms with Gasteiger partial charge in [0.05, 0.1) is 5.69 Å². The van der Waals surface area contributed by atoms with Gasteiger partial charge >= 0.3 is 0 Å². The topological polar surface area (TPSA) is 49.0 Å². The third-order valence-electron chi connectivity index (χ3n) is 4.16. The van der Waals surface area contributed by atoms with Crippen LogP contribution in [0.1, 0.15) is 47.4 Å². The van der Waals surface area contributed by atoms with Crippen LogP contribution in [0.15, 0.2) is 36.4 Å². The number of nitrogens with zero attached hydrogens (tertiary/aromatic N) is 2. The Morgan fingerprint density at radius 2 is 2.00 bits per heavy atom. The second-order valence-electron chi connectivity index (χ2n) is 5.78. The minimum absolute atomic E-state index is 0.0614. The third kappa shape index (κ3) is 3.15. The van der Waals surface area contributed by atoms with Crippen molar-refractivity contribution in [3.8, 4) is 0 Å². The lowest BCUT2D eigenvalue weighted by atomic mass is 10.1. The Kier molecular flexibility index (Phi) is 4.04. The van der Waals surface area contributed by atoms with Crippen LogP contribution in [0.4, 0.5) is 0 Å². The Balaban J connectivity index is 1.83. The minimum atomic E-state index is 0.0614. The van der Waals surface area contributed by atoms with Crippen molar-refractivity contribution in [3.63, 3.8) is 0 Å². The molecule has 0 radical (unpaired) electrons. The number of aromatic amines is 1. The molecule has 1 heterocycles. The van der Waals surface area contributed by atoms with E-state index < -0.39 is 0 Å². The molecule has 0 saturated heterocycles. The van der Waals surface area contributed by atoms with Gasteiger partial charge in [0.25, 0.3) is 5.91 Å². The van der Waals surface area contributed by atoms with Crippen molar-refractivity contribution in [1.29, 1.82) is 0 Å². The minimum Gasteiger partial charge on any atom is -0.330 e. The highest BCUT2D eigenvalue weighted by atomic mass is 16.2. The highest BCUT2D eigenvalue weighted by Gasteiger charge is 2.28. The molecule has 4 heteroatoms. The van der Waals surface area contributed by atoms with Gasteiger partial charge < -0.3 is 4.90 Å². The highest BCUT2D eigenvalue weighted by Crippen LogP contribution is 2.26. The van der Waals surface area contributed by atoms with E-state index in [2.05, 4.69) is 22.3 Å². The molecule has 0 unspecified atom stereocenters. The summed E-state index contributed by atoms with van der Waals surface area (Å²) in [7, 11) is 0. The fourth-order valence-corrected chi connectivity index (χ4v) is 3.05. The summed E-state index contributed by atoms with van der Waals surface area (Å²) in [6.07, 6.45) is 4.63. The van der Waals surface area contributed by atoms with Crippen molar-refractivity contribution in [2.45, 2.75) is 45.2 Å². The van der Waals surface area contributed by atoms with Crippen LogP contribution >= 0.6 is 0 Å². The zero-order chi connectivity index (χ0) is 14.7. The fraction of sp³-hybridized carbons (Fsp3) is 0.412. The van der Waals surface area contributed by atoms with Crippen LogP contribution in [0.3, 0.4) is 0 Å². The van der Waals surface area contributed by atoms with E-state index in [1.807, 2.05) is 36.1 Å². The molecular weight excluding hydrogens is 262 g/mol. The van der Waals surface area contributed by atoms with E-state index in [0.29, 0.717) is 18.3 Å². The quantitative estimate of drug-likeness (QED) is 0.936. The lowest BCUT2D eigenvalue weighted by Gasteiger charge is -2.28. The first-order chi connectivity index (χ1) is 10.2. The standard InChI is InChI=1S/C17H21N3O/c1-13-11-16(19-18-13)17(21)20(15-9-5-6-10-15)12-14-7-3-2-4-8-14/h2-4,7-8,11,15H,5-6,9-10,12H2,1H3,(H,18,19). The summed E-state index contributed by atoms with van der Waals surface area (Å²) in [5.41, 5.74) is 2.62. The second-order valence-corrected chi connectivity index (χ2v) is 5.78. The van der Waals surface area contributed by atoms with Crippen LogP contribution in [0.5, 0.6) is 0 Å². The molecule has 3 rings (SSSR count). The molecule has 2 aromatic rings. The van der Waals surface area contributed by atoms with Crippen molar-refractivity contribution in [2.75, 3.05) is 0 Å². The number of rotatable bonds is 4. The van der Waals surface area contributed by atoms with Crippen molar-refractivity contribution < 1.29 is 4.79 Å². The van der Waals surface area contributed by atoms with Crippen molar-refractivity contribution in [3.05, 3.63) is 53.3 Å². The Hall–Kier alpha value is -2.10. The summed E-state index contributed by atoms with van der Waals surface area (Å²) < 4.78 is 0. The number of benzene rings is 1. The molecule has 1 aromatic carbocycles. The second kappa shape index (κ2) is 6.12. The number of hydrogen-bond acceptors (Lipinski definition) is 2. The van der Waals surface area contributed by atoms with Crippen molar-refractivity contribution in [2.24, 2.45) is 0 Å². The van der Waals surface area contributed by atoms with E-state index in [4.69, 9.17) is 0 Å². The number of amides is 1. The molecule has 110 valence electrons. The van der Waals surface area contributed by atoms with Gasteiger partial charge in [-0.05, 0) is 31.4 Å². The molecule has 1 aliphatic carbocycles. The van der Waals surface area contributed by atoms with E-state index >= 15 is 0 Å². The SMILES string of the molecule is Cc1cc(C(=O)N(Cc2ccccc2)C2CCCC2)[nH]n1. The largest absolute Gasteiger partial charge is 0.330 e. The maximum Gasteiger partial charge on any atom is 0.272 e. The average Bonchev–Trinajstić information content (AvgIpc) is 3.16. The summed E-state index contributed by atoms with van der Waals surface area (Å²) >= 11 is 0. The van der Waals surface area contributed by atoms with Gasteiger partial charge in [-0.1, -0.05) is 43.2 Å². The maximum atomic E-state index is 12.8. The van der Waals surface area contributed by atoms with E-state index in [0.717, 1.165) is 18.5 Å². The molecule has 1 saturated carbocycles. The fourth-order valence-electron chi connectivity index (χ4n) is 3.05. The first-order valence-electron chi connectivity index (χ1n) is 7.61. The summed E-state index contributed by atoms with van der Waals surface area (Å²) in [5, 5.41) is 6.93. The number of aromatic nitrogens is 2. The van der Waals surface area contributed by atoms with Gasteiger partial charge in [-0.2, -0.15) is 5.10 Å². The zero-order valence-electron chi connectivity index (χ0n) is 12.4. The number of H-pyrrole nitrogens is 1. The molecule has 1 N–H and O–H groups in total. The van der Waals surface area contributed by atoms with E-state index in [1.54, 1.807) is 0 Å². The molecule has 0 spiro atoms. The normalized spacial score (nSPS) is 15.3. The predicted octanol–water partition coefficient (Wildman–Crippen LogP) is 3.30. The third-order valence-corrected chi connectivity index (χ3v) is 4.16. The maximum absolute atomic E-state index is 12.8. The lowest BCUT2D eigenvalue weighted by Crippen LogP contribution is -2.38. The van der Waals surface area contributed by atoms with Gasteiger partial charge in [-0.15, -0.1) is 0 Å². The first kappa shape index (κ1) is 13.9. The molecular formula is C17H21N3O. The molecule has 0 atom stereocenters. The Labute approximate surface area is 125 Å². The smallest absolute Gasteiger partial charge is 0.272 e. The molecule has 1 amide bonds. The van der Waals surface area contributed by atoms with Gasteiger partial charge in [0.1, 0.15) is 5.69 Å². The lowest BCUT2D eigenvalue weighted by molar-refractivity contribution is 0.0658. The molecule has 21 heavy (non-hydrogen) atoms. The first-order valence-corrected chi connectivity index (χ1v) is 7.61. The zero-order valence-corrected chi connectivity index (χ0v) is 12.4. The van der Waals surface area contributed by atoms with Gasteiger partial charge in [-0.3, -0.25) is 9.89 Å². The molecule has 0 bridgehead atoms. The highest BCUT2D eigenvalue weighted by molar-refractivity contribution is 5.92. The van der Waals surface area contributed by atoms with Gasteiger partial charge in [0.15, 0.2) is 0 Å². The van der Waals surface area contributed by atoms with Crippen LogP contribution < -0.4 is 0 Å². The number of carbonyl (C=O) groups is 1. The molecule has 1 aliphatic rings. The Morgan fingerprint density at radius 1 is 1.29 bits per heavy atom. The van der Waals surface area contributed by atoms with Crippen molar-refractivity contribution in [1.82, 2.24) is 15.1 Å². The number of aryl methyl sites for hydroxylation is 1. The molecule has 1 aromatic heterocycles.